The molecule has 0 aromatic carbocycles. The number of aryl methyl sites for hydroxylation is 1. The predicted molar refractivity (Wildman–Crippen MR) is 83.5 cm³/mol. The summed E-state index contributed by atoms with van der Waals surface area (Å²) in [6.45, 7) is 0. The first-order chi connectivity index (χ1) is 11.0. The monoisotopic (exact) mass is 329 g/mol. The number of pyridine rings is 1. The first-order valence-corrected chi connectivity index (χ1v) is 7.37. The Kier molecular flexibility index (Phi) is 3.85. The molecule has 0 spiro atoms. The third-order valence-electron chi connectivity index (χ3n) is 2.96. The van der Waals surface area contributed by atoms with E-state index in [9.17, 15) is 9.59 Å². The van der Waals surface area contributed by atoms with Crippen LogP contribution in [-0.4, -0.2) is 36.7 Å². The van der Waals surface area contributed by atoms with E-state index in [1.165, 1.54) is 29.7 Å². The van der Waals surface area contributed by atoms with Crippen LogP contribution in [0.1, 0.15) is 20.8 Å². The summed E-state index contributed by atoms with van der Waals surface area (Å²) in [5.41, 5.74) is 0.917. The lowest BCUT2D eigenvalue weighted by Gasteiger charge is -2.05. The van der Waals surface area contributed by atoms with Crippen LogP contribution in [0, 0.1) is 0 Å². The van der Waals surface area contributed by atoms with Gasteiger partial charge in [-0.25, -0.2) is 14.8 Å². The third kappa shape index (κ3) is 3.09. The molecule has 0 saturated carbocycles. The second kappa shape index (κ2) is 5.97. The van der Waals surface area contributed by atoms with Crippen LogP contribution in [0.2, 0.25) is 0 Å². The first kappa shape index (κ1) is 14.9. The Bertz CT molecular complexity index is 886. The molecule has 0 aliphatic carbocycles. The number of thiazole rings is 1. The Morgan fingerprint density at radius 2 is 2.22 bits per heavy atom. The molecule has 0 bridgehead atoms. The van der Waals surface area contributed by atoms with Crippen molar-refractivity contribution in [2.45, 2.75) is 0 Å². The number of carbonyl (C=O) groups is 2. The number of rotatable bonds is 4. The lowest BCUT2D eigenvalue weighted by atomic mass is 10.2. The zero-order valence-corrected chi connectivity index (χ0v) is 12.7. The van der Waals surface area contributed by atoms with E-state index in [1.807, 2.05) is 0 Å². The number of aromatic carboxylic acids is 1. The highest BCUT2D eigenvalue weighted by Gasteiger charge is 2.17. The van der Waals surface area contributed by atoms with Crippen molar-refractivity contribution in [3.05, 3.63) is 47.4 Å². The second-order valence-electron chi connectivity index (χ2n) is 4.60. The van der Waals surface area contributed by atoms with Crippen LogP contribution in [-0.2, 0) is 7.05 Å². The normalized spacial score (nSPS) is 10.5. The molecule has 0 aliphatic rings. The highest BCUT2D eigenvalue weighted by Crippen LogP contribution is 2.23. The molecule has 23 heavy (non-hydrogen) atoms. The molecule has 8 nitrogen and oxygen atoms in total. The summed E-state index contributed by atoms with van der Waals surface area (Å²) in [7, 11) is 1.79. The third-order valence-corrected chi connectivity index (χ3v) is 3.85. The minimum Gasteiger partial charge on any atom is -0.478 e. The number of carboxylic acids is 1. The minimum atomic E-state index is -1.16. The predicted octanol–water partition coefficient (Wildman–Crippen LogP) is 1.89. The number of carboxylic acid groups (broad SMARTS) is 1. The fourth-order valence-corrected chi connectivity index (χ4v) is 2.67. The molecule has 0 saturated heterocycles. The molecule has 1 amide bonds. The van der Waals surface area contributed by atoms with Crippen LogP contribution in [0.15, 0.2) is 36.1 Å². The van der Waals surface area contributed by atoms with Crippen molar-refractivity contribution in [2.24, 2.45) is 7.05 Å². The van der Waals surface area contributed by atoms with Gasteiger partial charge in [0.2, 0.25) is 0 Å². The maximum Gasteiger partial charge on any atom is 0.339 e. The molecule has 9 heteroatoms. The van der Waals surface area contributed by atoms with Gasteiger partial charge < -0.3 is 10.4 Å². The van der Waals surface area contributed by atoms with E-state index in [2.05, 4.69) is 20.4 Å². The van der Waals surface area contributed by atoms with Crippen molar-refractivity contribution in [3.8, 4) is 10.6 Å². The number of nitrogens with one attached hydrogen (secondary N) is 1. The molecule has 0 atom stereocenters. The van der Waals surface area contributed by atoms with E-state index in [0.717, 1.165) is 5.56 Å². The fourth-order valence-electron chi connectivity index (χ4n) is 1.89. The first-order valence-electron chi connectivity index (χ1n) is 6.49. The number of aromatic nitrogens is 4. The zero-order chi connectivity index (χ0) is 16.4. The Hall–Kier alpha value is -3.07. The van der Waals surface area contributed by atoms with Gasteiger partial charge >= 0.3 is 5.97 Å². The molecule has 0 radical (unpaired) electrons. The van der Waals surface area contributed by atoms with Gasteiger partial charge in [-0.1, -0.05) is 0 Å². The molecule has 0 fully saturated rings. The Morgan fingerprint density at radius 3 is 2.91 bits per heavy atom. The van der Waals surface area contributed by atoms with Gasteiger partial charge in [-0.2, -0.15) is 5.10 Å². The molecule has 116 valence electrons. The van der Waals surface area contributed by atoms with Crippen LogP contribution in [0.5, 0.6) is 0 Å². The molecule has 3 aromatic heterocycles. The molecular weight excluding hydrogens is 318 g/mol. The van der Waals surface area contributed by atoms with E-state index < -0.39 is 11.9 Å². The summed E-state index contributed by atoms with van der Waals surface area (Å²) < 4.78 is 1.64. The van der Waals surface area contributed by atoms with Crippen molar-refractivity contribution in [2.75, 3.05) is 5.32 Å². The summed E-state index contributed by atoms with van der Waals surface area (Å²) in [4.78, 5) is 31.5. The van der Waals surface area contributed by atoms with E-state index in [4.69, 9.17) is 5.11 Å². The summed E-state index contributed by atoms with van der Waals surface area (Å²) in [6.07, 6.45) is 4.85. The largest absolute Gasteiger partial charge is 0.478 e. The number of carbonyl (C=O) groups excluding carboxylic acids is 1. The van der Waals surface area contributed by atoms with Gasteiger partial charge in [-0.3, -0.25) is 9.48 Å². The Labute approximate surface area is 134 Å². The Balaban J connectivity index is 1.82. The van der Waals surface area contributed by atoms with Crippen LogP contribution in [0.3, 0.4) is 0 Å². The number of hydrogen-bond acceptors (Lipinski definition) is 6. The molecule has 0 unspecified atom stereocenters. The number of hydrogen-bond donors (Lipinski definition) is 2. The lowest BCUT2D eigenvalue weighted by molar-refractivity contribution is 0.0697. The van der Waals surface area contributed by atoms with E-state index >= 15 is 0 Å². The van der Waals surface area contributed by atoms with Gasteiger partial charge in [0.25, 0.3) is 5.91 Å². The molecule has 2 N–H and O–H groups in total. The molecule has 0 aliphatic heterocycles. The standard InChI is InChI=1S/C14H11N5O3S/c1-19-6-8(5-16-19)13-17-10(7-23-13)12(20)18-11-9(14(21)22)3-2-4-15-11/h2-7H,1H3,(H,21,22)(H,15,18,20). The van der Waals surface area contributed by atoms with Crippen LogP contribution in [0.25, 0.3) is 10.6 Å². The van der Waals surface area contributed by atoms with E-state index in [0.29, 0.717) is 5.01 Å². The average Bonchev–Trinajstić information content (AvgIpc) is 3.16. The number of nitrogens with zero attached hydrogens (tertiary/aromatic N) is 4. The summed E-state index contributed by atoms with van der Waals surface area (Å²) in [5, 5.41) is 17.9. The van der Waals surface area contributed by atoms with Gasteiger partial charge in [-0.05, 0) is 12.1 Å². The maximum absolute atomic E-state index is 12.2. The quantitative estimate of drug-likeness (QED) is 0.756. The molecular formula is C14H11N5O3S. The number of anilines is 1. The van der Waals surface area contributed by atoms with Crippen molar-refractivity contribution in [3.63, 3.8) is 0 Å². The summed E-state index contributed by atoms with van der Waals surface area (Å²) in [6, 6.07) is 2.86. The Morgan fingerprint density at radius 1 is 1.39 bits per heavy atom. The van der Waals surface area contributed by atoms with Crippen LogP contribution < -0.4 is 5.32 Å². The summed E-state index contributed by atoms with van der Waals surface area (Å²) in [5.74, 6) is -1.69. The topological polar surface area (TPSA) is 110 Å². The fraction of sp³-hybridized carbons (Fsp3) is 0.0714. The van der Waals surface area contributed by atoms with Gasteiger partial charge in [0.1, 0.15) is 22.1 Å². The van der Waals surface area contributed by atoms with Crippen molar-refractivity contribution in [1.82, 2.24) is 19.7 Å². The second-order valence-corrected chi connectivity index (χ2v) is 5.46. The zero-order valence-electron chi connectivity index (χ0n) is 11.9. The minimum absolute atomic E-state index is 0.0130. The van der Waals surface area contributed by atoms with Crippen LogP contribution >= 0.6 is 11.3 Å². The SMILES string of the molecule is Cn1cc(-c2nc(C(=O)Nc3ncccc3C(=O)O)cs2)cn1. The maximum atomic E-state index is 12.2. The van der Waals surface area contributed by atoms with Crippen LogP contribution in [0.4, 0.5) is 5.82 Å². The smallest absolute Gasteiger partial charge is 0.339 e. The van der Waals surface area contributed by atoms with Crippen molar-refractivity contribution >= 4 is 29.0 Å². The number of amides is 1. The van der Waals surface area contributed by atoms with E-state index in [1.54, 1.807) is 29.5 Å². The highest BCUT2D eigenvalue weighted by atomic mass is 32.1. The van der Waals surface area contributed by atoms with E-state index in [-0.39, 0.29) is 17.1 Å². The summed E-state index contributed by atoms with van der Waals surface area (Å²) >= 11 is 1.30. The molecule has 3 rings (SSSR count). The van der Waals surface area contributed by atoms with Gasteiger partial charge in [0.15, 0.2) is 0 Å². The van der Waals surface area contributed by atoms with Gasteiger partial charge in [0, 0.05) is 30.4 Å². The lowest BCUT2D eigenvalue weighted by Crippen LogP contribution is -2.16. The van der Waals surface area contributed by atoms with Crippen molar-refractivity contribution in [1.29, 1.82) is 0 Å². The van der Waals surface area contributed by atoms with Gasteiger partial charge in [-0.15, -0.1) is 11.3 Å². The van der Waals surface area contributed by atoms with Gasteiger partial charge in [0.05, 0.1) is 6.20 Å². The van der Waals surface area contributed by atoms with Crippen molar-refractivity contribution < 1.29 is 14.7 Å². The molecule has 3 aromatic rings. The highest BCUT2D eigenvalue weighted by molar-refractivity contribution is 7.13. The molecule has 3 heterocycles. The average molecular weight is 329 g/mol.